The van der Waals surface area contributed by atoms with Crippen molar-refractivity contribution in [3.63, 3.8) is 0 Å². The Morgan fingerprint density at radius 2 is 0.780 bits per heavy atom. The van der Waals surface area contributed by atoms with Gasteiger partial charge in [0.15, 0.2) is 8.07 Å². The molecule has 0 heterocycles. The van der Waals surface area contributed by atoms with Crippen molar-refractivity contribution in [1.29, 1.82) is 0 Å². The maximum absolute atomic E-state index is 6.22. The molecule has 0 aliphatic carbocycles. The van der Waals surface area contributed by atoms with Gasteiger partial charge in [0.1, 0.15) is 0 Å². The number of nitrogen functional groups attached to an aromatic ring is 1. The fourth-order valence-corrected chi connectivity index (χ4v) is 10.7. The van der Waals surface area contributed by atoms with E-state index in [9.17, 15) is 0 Å². The molecule has 0 amide bonds. The highest BCUT2D eigenvalue weighted by Gasteiger charge is 2.41. The van der Waals surface area contributed by atoms with Crippen LogP contribution >= 0.6 is 0 Å². The van der Waals surface area contributed by atoms with Gasteiger partial charge in [-0.25, -0.2) is 0 Å². The number of nitrogens with two attached hydrogens (primary N) is 1. The molecule has 0 atom stereocenters. The van der Waals surface area contributed by atoms with Crippen LogP contribution in [-0.4, -0.2) is 8.07 Å². The highest BCUT2D eigenvalue weighted by atomic mass is 28.3. The van der Waals surface area contributed by atoms with E-state index in [1.54, 1.807) is 0 Å². The highest BCUT2D eigenvalue weighted by molar-refractivity contribution is 7.19. The molecule has 1 nitrogen and oxygen atoms in total. The highest BCUT2D eigenvalue weighted by Crippen LogP contribution is 2.23. The summed E-state index contributed by atoms with van der Waals surface area (Å²) in [6, 6.07) is 45.9. The summed E-state index contributed by atoms with van der Waals surface area (Å²) < 4.78 is 0. The van der Waals surface area contributed by atoms with Crippen LogP contribution in [0, 0.1) is 0 Å². The predicted octanol–water partition coefficient (Wildman–Crippen LogP) is 7.68. The molecule has 208 valence electrons. The lowest BCUT2D eigenvalue weighted by atomic mass is 10.0. The van der Waals surface area contributed by atoms with Gasteiger partial charge >= 0.3 is 0 Å². The lowest BCUT2D eigenvalue weighted by Gasteiger charge is -2.35. The average Bonchev–Trinajstić information content (AvgIpc) is 2.98. The van der Waals surface area contributed by atoms with E-state index in [1.807, 2.05) is 12.1 Å². The van der Waals surface area contributed by atoms with Gasteiger partial charge in [-0.05, 0) is 78.5 Å². The van der Waals surface area contributed by atoms with Crippen LogP contribution < -0.4 is 26.5 Å². The Bertz CT molecular complexity index is 1470. The van der Waals surface area contributed by atoms with Crippen molar-refractivity contribution < 1.29 is 0 Å². The molecular formula is C39H43NSi. The molecule has 0 unspecified atom stereocenters. The zero-order valence-electron chi connectivity index (χ0n) is 25.4. The van der Waals surface area contributed by atoms with E-state index in [4.69, 9.17) is 5.73 Å². The van der Waals surface area contributed by atoms with Crippen LogP contribution in [0.2, 0.25) is 0 Å². The summed E-state index contributed by atoms with van der Waals surface area (Å²) in [5.74, 6) is 1.47. The Labute approximate surface area is 248 Å². The summed E-state index contributed by atoms with van der Waals surface area (Å²) in [6.07, 6.45) is 0. The van der Waals surface area contributed by atoms with Crippen molar-refractivity contribution in [2.45, 2.75) is 59.3 Å². The molecule has 0 radical (unpaired) electrons. The summed E-state index contributed by atoms with van der Waals surface area (Å²) in [6.45, 7) is 13.6. The quantitative estimate of drug-likeness (QED) is 0.119. The van der Waals surface area contributed by atoms with Crippen LogP contribution in [0.25, 0.3) is 11.1 Å². The lowest BCUT2D eigenvalue weighted by Crippen LogP contribution is -2.74. The maximum Gasteiger partial charge on any atom is 0.179 e. The number of anilines is 1. The molecule has 41 heavy (non-hydrogen) atoms. The molecule has 2 N–H and O–H groups in total. The molecule has 2 heteroatoms. The third-order valence-electron chi connectivity index (χ3n) is 8.55. The Morgan fingerprint density at radius 3 is 1.15 bits per heavy atom. The Morgan fingerprint density at radius 1 is 0.415 bits per heavy atom. The summed E-state index contributed by atoms with van der Waals surface area (Å²) in [7, 11) is -2.68. The molecule has 5 aromatic rings. The van der Waals surface area contributed by atoms with E-state index < -0.39 is 8.07 Å². The number of rotatable bonds is 8. The zero-order valence-corrected chi connectivity index (χ0v) is 26.4. The first kappa shape index (κ1) is 28.6. The molecule has 0 bridgehead atoms. The standard InChI is InChI=1S/C39H43NSi/c1-27(2)30-13-19-36(20-14-30)41(37-21-15-31(16-22-37)28(3)4,38-23-17-32(18-24-38)29(5)6)39-12-8-10-34(26-39)33-9-7-11-35(40)25-33/h7-29H,40H2,1-6H3. The van der Waals surface area contributed by atoms with E-state index >= 15 is 0 Å². The second kappa shape index (κ2) is 11.9. The number of hydrogen-bond acceptors (Lipinski definition) is 1. The van der Waals surface area contributed by atoms with Crippen LogP contribution in [0.4, 0.5) is 5.69 Å². The molecule has 0 saturated heterocycles. The Kier molecular flexibility index (Phi) is 8.33. The number of benzene rings is 5. The minimum Gasteiger partial charge on any atom is -0.399 e. The SMILES string of the molecule is CC(C)c1ccc([Si](c2ccc(C(C)C)cc2)(c2ccc(C(C)C)cc2)c2cccc(-c3cccc(N)c3)c2)cc1. The van der Waals surface area contributed by atoms with Crippen molar-refractivity contribution >= 4 is 34.5 Å². The predicted molar refractivity (Wildman–Crippen MR) is 182 cm³/mol. The van der Waals surface area contributed by atoms with Crippen LogP contribution in [0.1, 0.15) is 76.0 Å². The average molecular weight is 554 g/mol. The van der Waals surface area contributed by atoms with Crippen molar-refractivity contribution in [3.05, 3.63) is 138 Å². The molecular weight excluding hydrogens is 511 g/mol. The van der Waals surface area contributed by atoms with Crippen molar-refractivity contribution in [2.24, 2.45) is 0 Å². The van der Waals surface area contributed by atoms with E-state index in [0.717, 1.165) is 11.3 Å². The van der Waals surface area contributed by atoms with Gasteiger partial charge in [0.2, 0.25) is 0 Å². The Hall–Kier alpha value is -3.88. The minimum atomic E-state index is -2.68. The molecule has 0 saturated carbocycles. The van der Waals surface area contributed by atoms with Crippen LogP contribution in [0.3, 0.4) is 0 Å². The summed E-state index contributed by atoms with van der Waals surface area (Å²) in [5, 5.41) is 5.59. The van der Waals surface area contributed by atoms with Gasteiger partial charge in [0.05, 0.1) is 0 Å². The molecule has 0 aliphatic heterocycles. The molecule has 0 fully saturated rings. The van der Waals surface area contributed by atoms with Gasteiger partial charge in [-0.2, -0.15) is 0 Å². The maximum atomic E-state index is 6.22. The largest absolute Gasteiger partial charge is 0.399 e. The second-order valence-corrected chi connectivity index (χ2v) is 16.1. The Balaban J connectivity index is 1.84. The van der Waals surface area contributed by atoms with Gasteiger partial charge in [0.25, 0.3) is 0 Å². The number of hydrogen-bond donors (Lipinski definition) is 1. The van der Waals surface area contributed by atoms with Crippen molar-refractivity contribution in [2.75, 3.05) is 5.73 Å². The normalized spacial score (nSPS) is 11.9. The second-order valence-electron chi connectivity index (χ2n) is 12.3. The van der Waals surface area contributed by atoms with E-state index in [1.165, 1.54) is 43.0 Å². The smallest absolute Gasteiger partial charge is 0.179 e. The first-order chi connectivity index (χ1) is 19.7. The van der Waals surface area contributed by atoms with E-state index in [-0.39, 0.29) is 0 Å². The van der Waals surface area contributed by atoms with Crippen molar-refractivity contribution in [3.8, 4) is 11.1 Å². The van der Waals surface area contributed by atoms with Gasteiger partial charge in [-0.15, -0.1) is 0 Å². The zero-order chi connectivity index (χ0) is 29.1. The minimum absolute atomic E-state index is 0.489. The molecule has 5 rings (SSSR count). The summed E-state index contributed by atoms with van der Waals surface area (Å²) >= 11 is 0. The molecule has 5 aromatic carbocycles. The van der Waals surface area contributed by atoms with Crippen LogP contribution in [0.15, 0.2) is 121 Å². The summed E-state index contributed by atoms with van der Waals surface area (Å²) in [4.78, 5) is 0. The summed E-state index contributed by atoms with van der Waals surface area (Å²) in [5.41, 5.74) is 13.5. The third-order valence-corrected chi connectivity index (χ3v) is 13.3. The topological polar surface area (TPSA) is 26.0 Å². The van der Waals surface area contributed by atoms with E-state index in [0.29, 0.717) is 17.8 Å². The fraction of sp³-hybridized carbons (Fsp3) is 0.231. The third kappa shape index (κ3) is 5.67. The molecule has 0 aliphatic rings. The first-order valence-electron chi connectivity index (χ1n) is 15.0. The fourth-order valence-electron chi connectivity index (χ4n) is 6.00. The van der Waals surface area contributed by atoms with Gasteiger partial charge in [-0.1, -0.05) is 151 Å². The van der Waals surface area contributed by atoms with Crippen LogP contribution in [-0.2, 0) is 0 Å². The monoisotopic (exact) mass is 553 g/mol. The van der Waals surface area contributed by atoms with Gasteiger partial charge < -0.3 is 5.73 Å². The molecule has 0 spiro atoms. The van der Waals surface area contributed by atoms with Crippen molar-refractivity contribution in [1.82, 2.24) is 0 Å². The van der Waals surface area contributed by atoms with Gasteiger partial charge in [-0.3, -0.25) is 0 Å². The first-order valence-corrected chi connectivity index (χ1v) is 17.0. The van der Waals surface area contributed by atoms with Crippen LogP contribution in [0.5, 0.6) is 0 Å². The molecule has 0 aromatic heterocycles. The van der Waals surface area contributed by atoms with E-state index in [2.05, 4.69) is 151 Å². The van der Waals surface area contributed by atoms with Gasteiger partial charge in [0, 0.05) is 5.69 Å². The lowest BCUT2D eigenvalue weighted by molar-refractivity contribution is 0.867.